The summed E-state index contributed by atoms with van der Waals surface area (Å²) >= 11 is 5.97. The minimum Gasteiger partial charge on any atom is -0.497 e. The molecule has 0 fully saturated rings. The maximum Gasteiger partial charge on any atom is 0.120 e. The minimum absolute atomic E-state index is 0.662. The Hall–Kier alpha value is -0.930. The molecular formula is C9H13ClN2O. The van der Waals surface area contributed by atoms with Gasteiger partial charge in [-0.2, -0.15) is 0 Å². The van der Waals surface area contributed by atoms with Crippen LogP contribution in [0.3, 0.4) is 0 Å². The highest BCUT2D eigenvalue weighted by Gasteiger charge is 2.00. The van der Waals surface area contributed by atoms with E-state index in [2.05, 4.69) is 10.6 Å². The molecule has 1 rings (SSSR count). The van der Waals surface area contributed by atoms with Gasteiger partial charge in [0.15, 0.2) is 0 Å². The van der Waals surface area contributed by atoms with Gasteiger partial charge in [0, 0.05) is 6.07 Å². The van der Waals surface area contributed by atoms with Gasteiger partial charge >= 0.3 is 0 Å². The standard InChI is InChI=1S/C9H13ClN2O/c1-11-6-12-9-4-3-7(13-2)5-8(9)10/h3-5,11-12H,6H2,1-2H3. The number of halogens is 1. The third kappa shape index (κ3) is 2.79. The molecule has 0 spiro atoms. The molecule has 0 atom stereocenters. The fourth-order valence-corrected chi connectivity index (χ4v) is 1.19. The zero-order chi connectivity index (χ0) is 9.68. The van der Waals surface area contributed by atoms with Crippen LogP contribution in [-0.4, -0.2) is 20.8 Å². The van der Waals surface area contributed by atoms with Crippen molar-refractivity contribution in [2.45, 2.75) is 0 Å². The van der Waals surface area contributed by atoms with Crippen molar-refractivity contribution >= 4 is 17.3 Å². The largest absolute Gasteiger partial charge is 0.497 e. The summed E-state index contributed by atoms with van der Waals surface area (Å²) in [4.78, 5) is 0. The van der Waals surface area contributed by atoms with Crippen molar-refractivity contribution in [3.8, 4) is 5.75 Å². The molecule has 72 valence electrons. The number of hydrogen-bond donors (Lipinski definition) is 2. The van der Waals surface area contributed by atoms with Gasteiger partial charge in [-0.3, -0.25) is 0 Å². The molecule has 2 N–H and O–H groups in total. The zero-order valence-electron chi connectivity index (χ0n) is 7.73. The quantitative estimate of drug-likeness (QED) is 0.729. The lowest BCUT2D eigenvalue weighted by molar-refractivity contribution is 0.415. The highest BCUT2D eigenvalue weighted by atomic mass is 35.5. The maximum atomic E-state index is 5.97. The fourth-order valence-electron chi connectivity index (χ4n) is 0.950. The first-order valence-electron chi connectivity index (χ1n) is 4.00. The molecule has 0 amide bonds. The van der Waals surface area contributed by atoms with E-state index < -0.39 is 0 Å². The van der Waals surface area contributed by atoms with Crippen LogP contribution in [0, 0.1) is 0 Å². The molecule has 0 aliphatic carbocycles. The van der Waals surface area contributed by atoms with E-state index in [0.717, 1.165) is 11.4 Å². The summed E-state index contributed by atoms with van der Waals surface area (Å²) < 4.78 is 5.03. The van der Waals surface area contributed by atoms with Crippen molar-refractivity contribution in [2.24, 2.45) is 0 Å². The predicted octanol–water partition coefficient (Wildman–Crippen LogP) is 1.94. The van der Waals surface area contributed by atoms with Crippen molar-refractivity contribution in [3.63, 3.8) is 0 Å². The number of rotatable bonds is 4. The Morgan fingerprint density at radius 1 is 1.46 bits per heavy atom. The Kier molecular flexibility index (Phi) is 3.86. The summed E-state index contributed by atoms with van der Waals surface area (Å²) in [6, 6.07) is 5.53. The molecule has 0 aliphatic rings. The first-order valence-corrected chi connectivity index (χ1v) is 4.37. The summed E-state index contributed by atoms with van der Waals surface area (Å²) in [5.74, 6) is 0.764. The van der Waals surface area contributed by atoms with Crippen LogP contribution >= 0.6 is 11.6 Å². The number of hydrogen-bond acceptors (Lipinski definition) is 3. The molecule has 0 aromatic heterocycles. The topological polar surface area (TPSA) is 33.3 Å². The molecular weight excluding hydrogens is 188 g/mol. The van der Waals surface area contributed by atoms with E-state index in [1.165, 1.54) is 0 Å². The van der Waals surface area contributed by atoms with Crippen molar-refractivity contribution in [1.29, 1.82) is 0 Å². The molecule has 0 aliphatic heterocycles. The molecule has 0 bridgehead atoms. The lowest BCUT2D eigenvalue weighted by atomic mass is 10.3. The van der Waals surface area contributed by atoms with Gasteiger partial charge in [-0.1, -0.05) is 11.6 Å². The molecule has 4 heteroatoms. The van der Waals surface area contributed by atoms with Gasteiger partial charge in [0.05, 0.1) is 24.5 Å². The van der Waals surface area contributed by atoms with Crippen molar-refractivity contribution < 1.29 is 4.74 Å². The Balaban J connectivity index is 2.73. The third-order valence-corrected chi connectivity index (χ3v) is 1.94. The molecule has 3 nitrogen and oxygen atoms in total. The second kappa shape index (κ2) is 4.94. The Bertz CT molecular complexity index is 278. The number of ether oxygens (including phenoxy) is 1. The molecule has 0 saturated carbocycles. The summed E-state index contributed by atoms with van der Waals surface area (Å²) in [7, 11) is 3.48. The fraction of sp³-hybridized carbons (Fsp3) is 0.333. The summed E-state index contributed by atoms with van der Waals surface area (Å²) in [5, 5.41) is 6.75. The van der Waals surface area contributed by atoms with E-state index in [-0.39, 0.29) is 0 Å². The van der Waals surface area contributed by atoms with Crippen LogP contribution in [-0.2, 0) is 0 Å². The average molecular weight is 201 g/mol. The summed E-state index contributed by atoms with van der Waals surface area (Å²) in [5.41, 5.74) is 0.900. The van der Waals surface area contributed by atoms with Crippen molar-refractivity contribution in [3.05, 3.63) is 23.2 Å². The predicted molar refractivity (Wildman–Crippen MR) is 55.6 cm³/mol. The first-order chi connectivity index (χ1) is 6.27. The highest BCUT2D eigenvalue weighted by molar-refractivity contribution is 6.33. The number of anilines is 1. The normalized spacial score (nSPS) is 9.77. The van der Waals surface area contributed by atoms with E-state index in [1.807, 2.05) is 19.2 Å². The minimum atomic E-state index is 0.662. The molecule has 0 radical (unpaired) electrons. The van der Waals surface area contributed by atoms with E-state index in [4.69, 9.17) is 16.3 Å². The van der Waals surface area contributed by atoms with Crippen molar-refractivity contribution in [2.75, 3.05) is 26.1 Å². The number of benzene rings is 1. The molecule has 1 aromatic carbocycles. The second-order valence-electron chi connectivity index (χ2n) is 2.55. The molecule has 0 unspecified atom stereocenters. The third-order valence-electron chi connectivity index (χ3n) is 1.63. The Morgan fingerprint density at radius 3 is 2.77 bits per heavy atom. The van der Waals surface area contributed by atoms with Crippen molar-refractivity contribution in [1.82, 2.24) is 5.32 Å². The maximum absolute atomic E-state index is 5.97. The monoisotopic (exact) mass is 200 g/mol. The van der Waals surface area contributed by atoms with Crippen LogP contribution in [0.15, 0.2) is 18.2 Å². The smallest absolute Gasteiger partial charge is 0.120 e. The van der Waals surface area contributed by atoms with Gasteiger partial charge in [-0.25, -0.2) is 0 Å². The molecule has 0 saturated heterocycles. The van der Waals surface area contributed by atoms with E-state index in [9.17, 15) is 0 Å². The van der Waals surface area contributed by atoms with Crippen LogP contribution in [0.2, 0.25) is 5.02 Å². The van der Waals surface area contributed by atoms with Crippen LogP contribution in [0.4, 0.5) is 5.69 Å². The van der Waals surface area contributed by atoms with Gasteiger partial charge in [0.2, 0.25) is 0 Å². The molecule has 1 aromatic rings. The summed E-state index contributed by atoms with van der Waals surface area (Å²) in [6.45, 7) is 0.687. The van der Waals surface area contributed by atoms with Gasteiger partial charge in [-0.05, 0) is 19.2 Å². The van der Waals surface area contributed by atoms with E-state index in [0.29, 0.717) is 11.7 Å². The van der Waals surface area contributed by atoms with E-state index in [1.54, 1.807) is 13.2 Å². The van der Waals surface area contributed by atoms with Crippen LogP contribution in [0.1, 0.15) is 0 Å². The lowest BCUT2D eigenvalue weighted by Gasteiger charge is -2.08. The van der Waals surface area contributed by atoms with Crippen LogP contribution < -0.4 is 15.4 Å². The number of nitrogens with one attached hydrogen (secondary N) is 2. The first kappa shape index (κ1) is 10.2. The Labute approximate surface area is 83.0 Å². The summed E-state index contributed by atoms with van der Waals surface area (Å²) in [6.07, 6.45) is 0. The van der Waals surface area contributed by atoms with E-state index >= 15 is 0 Å². The molecule has 0 heterocycles. The second-order valence-corrected chi connectivity index (χ2v) is 2.96. The van der Waals surface area contributed by atoms with Gasteiger partial charge in [0.25, 0.3) is 0 Å². The van der Waals surface area contributed by atoms with Gasteiger partial charge in [-0.15, -0.1) is 0 Å². The highest BCUT2D eigenvalue weighted by Crippen LogP contribution is 2.26. The number of methoxy groups -OCH3 is 1. The zero-order valence-corrected chi connectivity index (χ0v) is 8.48. The average Bonchev–Trinajstić information content (AvgIpc) is 2.16. The van der Waals surface area contributed by atoms with Gasteiger partial charge < -0.3 is 15.4 Å². The van der Waals surface area contributed by atoms with Crippen LogP contribution in [0.5, 0.6) is 5.75 Å². The lowest BCUT2D eigenvalue weighted by Crippen LogP contribution is -2.16. The molecule has 13 heavy (non-hydrogen) atoms. The van der Waals surface area contributed by atoms with Gasteiger partial charge in [0.1, 0.15) is 5.75 Å². The Morgan fingerprint density at radius 2 is 2.23 bits per heavy atom. The SMILES string of the molecule is CNCNc1ccc(OC)cc1Cl. The van der Waals surface area contributed by atoms with Crippen LogP contribution in [0.25, 0.3) is 0 Å².